The lowest BCUT2D eigenvalue weighted by atomic mass is 10.1. The van der Waals surface area contributed by atoms with Gasteiger partial charge >= 0.3 is 7.60 Å². The molecule has 0 aliphatic carbocycles. The summed E-state index contributed by atoms with van der Waals surface area (Å²) in [6, 6.07) is 8.11. The summed E-state index contributed by atoms with van der Waals surface area (Å²) < 4.78 is 23.9. The predicted molar refractivity (Wildman–Crippen MR) is 95.1 cm³/mol. The Morgan fingerprint density at radius 2 is 1.78 bits per heavy atom. The molecule has 0 atom stereocenters. The second-order valence-electron chi connectivity index (χ2n) is 5.79. The van der Waals surface area contributed by atoms with Crippen molar-refractivity contribution in [1.29, 1.82) is 0 Å². The molecule has 0 saturated heterocycles. The van der Waals surface area contributed by atoms with E-state index in [0.717, 1.165) is 35.1 Å². The first kappa shape index (κ1) is 18.2. The SMILES string of the molecule is CCOP(=O)(Cc1c(CCN(C)C)[nH]c2ccccc12)OCC. The number of benzene rings is 1. The second kappa shape index (κ2) is 8.11. The molecule has 0 bridgehead atoms. The zero-order valence-electron chi connectivity index (χ0n) is 14.5. The van der Waals surface area contributed by atoms with Gasteiger partial charge in [0.1, 0.15) is 0 Å². The Morgan fingerprint density at radius 1 is 1.13 bits per heavy atom. The number of para-hydroxylation sites is 1. The largest absolute Gasteiger partial charge is 0.358 e. The van der Waals surface area contributed by atoms with E-state index in [2.05, 4.69) is 16.0 Å². The Labute approximate surface area is 138 Å². The zero-order chi connectivity index (χ0) is 16.9. The number of H-pyrrole nitrogens is 1. The second-order valence-corrected chi connectivity index (χ2v) is 7.84. The van der Waals surface area contributed by atoms with Crippen molar-refractivity contribution in [2.45, 2.75) is 26.4 Å². The van der Waals surface area contributed by atoms with E-state index >= 15 is 0 Å². The molecule has 23 heavy (non-hydrogen) atoms. The van der Waals surface area contributed by atoms with Crippen LogP contribution in [-0.4, -0.2) is 43.7 Å². The molecule has 0 spiro atoms. The average Bonchev–Trinajstić information content (AvgIpc) is 2.83. The van der Waals surface area contributed by atoms with Gasteiger partial charge in [-0.15, -0.1) is 0 Å². The highest BCUT2D eigenvalue weighted by Gasteiger charge is 2.27. The third kappa shape index (κ3) is 4.67. The van der Waals surface area contributed by atoms with Gasteiger partial charge in [0, 0.05) is 29.6 Å². The molecule has 0 aliphatic rings. The first-order chi connectivity index (χ1) is 11.0. The van der Waals surface area contributed by atoms with Crippen LogP contribution >= 0.6 is 7.60 Å². The van der Waals surface area contributed by atoms with Gasteiger partial charge in [-0.3, -0.25) is 4.57 Å². The van der Waals surface area contributed by atoms with E-state index in [0.29, 0.717) is 19.4 Å². The average molecular weight is 338 g/mol. The van der Waals surface area contributed by atoms with Crippen molar-refractivity contribution in [3.8, 4) is 0 Å². The molecule has 1 N–H and O–H groups in total. The van der Waals surface area contributed by atoms with Crippen molar-refractivity contribution < 1.29 is 13.6 Å². The van der Waals surface area contributed by atoms with Crippen molar-refractivity contribution in [2.75, 3.05) is 33.9 Å². The minimum atomic E-state index is -3.12. The maximum absolute atomic E-state index is 12.9. The highest BCUT2D eigenvalue weighted by molar-refractivity contribution is 7.53. The highest BCUT2D eigenvalue weighted by Crippen LogP contribution is 2.52. The fourth-order valence-corrected chi connectivity index (χ4v) is 4.49. The van der Waals surface area contributed by atoms with Gasteiger partial charge in [-0.25, -0.2) is 0 Å². The van der Waals surface area contributed by atoms with E-state index in [4.69, 9.17) is 9.05 Å². The standard InChI is InChI=1S/C17H27N2O3P/c1-5-21-23(20,22-6-2)13-15-14-9-7-8-10-16(14)18-17(15)11-12-19(3)4/h7-10,18H,5-6,11-13H2,1-4H3. The number of hydrogen-bond donors (Lipinski definition) is 1. The molecule has 1 aromatic carbocycles. The van der Waals surface area contributed by atoms with E-state index in [1.165, 1.54) is 0 Å². The summed E-state index contributed by atoms with van der Waals surface area (Å²) >= 11 is 0. The van der Waals surface area contributed by atoms with E-state index in [9.17, 15) is 4.57 Å². The predicted octanol–water partition coefficient (Wildman–Crippen LogP) is 4.04. The van der Waals surface area contributed by atoms with E-state index in [1.807, 2.05) is 46.1 Å². The molecule has 128 valence electrons. The van der Waals surface area contributed by atoms with Crippen molar-refractivity contribution >= 4 is 18.5 Å². The van der Waals surface area contributed by atoms with Crippen LogP contribution in [0.3, 0.4) is 0 Å². The van der Waals surface area contributed by atoms with Crippen molar-refractivity contribution in [3.05, 3.63) is 35.5 Å². The fourth-order valence-electron chi connectivity index (χ4n) is 2.70. The normalized spacial score (nSPS) is 12.4. The van der Waals surface area contributed by atoms with Crippen molar-refractivity contribution in [2.24, 2.45) is 0 Å². The number of fused-ring (bicyclic) bond motifs is 1. The molecule has 1 heterocycles. The quantitative estimate of drug-likeness (QED) is 0.701. The third-order valence-corrected chi connectivity index (χ3v) is 5.72. The van der Waals surface area contributed by atoms with Crippen molar-refractivity contribution in [1.82, 2.24) is 9.88 Å². The topological polar surface area (TPSA) is 54.6 Å². The smallest absolute Gasteiger partial charge is 0.335 e. The number of nitrogens with zero attached hydrogens (tertiary/aromatic N) is 1. The van der Waals surface area contributed by atoms with Crippen LogP contribution in [0.1, 0.15) is 25.1 Å². The maximum atomic E-state index is 12.9. The van der Waals surface area contributed by atoms with Crippen LogP contribution in [-0.2, 0) is 26.2 Å². The summed E-state index contributed by atoms with van der Waals surface area (Å²) in [6.07, 6.45) is 1.18. The Balaban J connectivity index is 2.39. The summed E-state index contributed by atoms with van der Waals surface area (Å²) in [5, 5.41) is 1.10. The van der Waals surface area contributed by atoms with E-state index in [1.54, 1.807) is 0 Å². The molecule has 0 fully saturated rings. The Bertz CT molecular complexity index is 672. The Morgan fingerprint density at radius 3 is 2.39 bits per heavy atom. The van der Waals surface area contributed by atoms with Gasteiger partial charge in [-0.1, -0.05) is 18.2 Å². The number of hydrogen-bond acceptors (Lipinski definition) is 4. The highest BCUT2D eigenvalue weighted by atomic mass is 31.2. The van der Waals surface area contributed by atoms with Crippen LogP contribution in [0.2, 0.25) is 0 Å². The molecule has 0 aliphatic heterocycles. The Kier molecular flexibility index (Phi) is 6.42. The molecule has 0 amide bonds. The molecule has 5 nitrogen and oxygen atoms in total. The van der Waals surface area contributed by atoms with Gasteiger partial charge in [-0.2, -0.15) is 0 Å². The van der Waals surface area contributed by atoms with Crippen molar-refractivity contribution in [3.63, 3.8) is 0 Å². The van der Waals surface area contributed by atoms with Crippen LogP contribution in [0, 0.1) is 0 Å². The van der Waals surface area contributed by atoms with Gasteiger partial charge < -0.3 is 18.9 Å². The molecule has 0 saturated carbocycles. The molecule has 2 rings (SSSR count). The van der Waals surface area contributed by atoms with Crippen LogP contribution in [0.5, 0.6) is 0 Å². The van der Waals surface area contributed by atoms with Gasteiger partial charge in [-0.05, 0) is 39.6 Å². The number of nitrogens with one attached hydrogen (secondary N) is 1. The molecular weight excluding hydrogens is 311 g/mol. The number of likely N-dealkylation sites (N-methyl/N-ethyl adjacent to an activating group) is 1. The van der Waals surface area contributed by atoms with Crippen LogP contribution in [0.4, 0.5) is 0 Å². The first-order valence-corrected chi connectivity index (χ1v) is 9.83. The van der Waals surface area contributed by atoms with Gasteiger partial charge in [0.05, 0.1) is 19.4 Å². The van der Waals surface area contributed by atoms with Crippen LogP contribution in [0.25, 0.3) is 10.9 Å². The molecule has 6 heteroatoms. The van der Waals surface area contributed by atoms with Gasteiger partial charge in [0.2, 0.25) is 0 Å². The van der Waals surface area contributed by atoms with Gasteiger partial charge in [0.25, 0.3) is 0 Å². The molecule has 0 unspecified atom stereocenters. The summed E-state index contributed by atoms with van der Waals surface area (Å²) in [4.78, 5) is 5.61. The molecular formula is C17H27N2O3P. The maximum Gasteiger partial charge on any atom is 0.335 e. The summed E-state index contributed by atoms with van der Waals surface area (Å²) in [5.41, 5.74) is 3.23. The summed E-state index contributed by atoms with van der Waals surface area (Å²) in [5.74, 6) is 0. The number of aromatic nitrogens is 1. The lowest BCUT2D eigenvalue weighted by molar-refractivity contribution is 0.219. The van der Waals surface area contributed by atoms with Gasteiger partial charge in [0.15, 0.2) is 0 Å². The van der Waals surface area contributed by atoms with Crippen LogP contribution < -0.4 is 0 Å². The fraction of sp³-hybridized carbons (Fsp3) is 0.529. The van der Waals surface area contributed by atoms with E-state index < -0.39 is 7.60 Å². The first-order valence-electron chi connectivity index (χ1n) is 8.10. The number of rotatable bonds is 9. The molecule has 0 radical (unpaired) electrons. The Hall–Kier alpha value is -1.13. The monoisotopic (exact) mass is 338 g/mol. The zero-order valence-corrected chi connectivity index (χ0v) is 15.4. The lowest BCUT2D eigenvalue weighted by Crippen LogP contribution is -2.16. The lowest BCUT2D eigenvalue weighted by Gasteiger charge is -2.18. The minimum Gasteiger partial charge on any atom is -0.358 e. The summed E-state index contributed by atoms with van der Waals surface area (Å²) in [6.45, 7) is 5.37. The minimum absolute atomic E-state index is 0.307. The molecule has 2 aromatic rings. The van der Waals surface area contributed by atoms with E-state index in [-0.39, 0.29) is 0 Å². The third-order valence-electron chi connectivity index (χ3n) is 3.71. The number of aromatic amines is 1. The summed E-state index contributed by atoms with van der Waals surface area (Å²) in [7, 11) is 0.978. The van der Waals surface area contributed by atoms with Crippen LogP contribution in [0.15, 0.2) is 24.3 Å². The molecule has 1 aromatic heterocycles.